The van der Waals surface area contributed by atoms with E-state index in [0.717, 1.165) is 11.1 Å². The van der Waals surface area contributed by atoms with Crippen LogP contribution in [0.2, 0.25) is 5.02 Å². The van der Waals surface area contributed by atoms with Crippen molar-refractivity contribution in [3.63, 3.8) is 0 Å². The highest BCUT2D eigenvalue weighted by molar-refractivity contribution is 6.30. The van der Waals surface area contributed by atoms with Gasteiger partial charge in [-0.2, -0.15) is 0 Å². The average molecular weight is 452 g/mol. The van der Waals surface area contributed by atoms with Crippen molar-refractivity contribution < 1.29 is 19.1 Å². The second kappa shape index (κ2) is 9.21. The Hall–Kier alpha value is -3.05. The van der Waals surface area contributed by atoms with Gasteiger partial charge >= 0.3 is 0 Å². The van der Waals surface area contributed by atoms with Crippen LogP contribution in [0.1, 0.15) is 34.8 Å². The van der Waals surface area contributed by atoms with Gasteiger partial charge in [-0.05, 0) is 55.2 Å². The second-order valence-electron chi connectivity index (χ2n) is 8.26. The van der Waals surface area contributed by atoms with E-state index >= 15 is 0 Å². The Morgan fingerprint density at radius 1 is 1.16 bits per heavy atom. The van der Waals surface area contributed by atoms with Crippen molar-refractivity contribution in [3.8, 4) is 11.5 Å². The molecule has 0 fully saturated rings. The number of carbonyl (C=O) groups excluding carboxylic acids is 2. The lowest BCUT2D eigenvalue weighted by Crippen LogP contribution is -2.24. The topological polar surface area (TPSA) is 55.8 Å². The van der Waals surface area contributed by atoms with Gasteiger partial charge in [0, 0.05) is 46.9 Å². The maximum atomic E-state index is 13.1. The summed E-state index contributed by atoms with van der Waals surface area (Å²) in [5, 5.41) is 0.685. The summed E-state index contributed by atoms with van der Waals surface area (Å²) >= 11 is 6.10. The van der Waals surface area contributed by atoms with Crippen LogP contribution in [0, 0.1) is 11.8 Å². The number of hydrogen-bond acceptors (Lipinski definition) is 5. The number of rotatable bonds is 7. The number of ether oxygens (including phenoxy) is 2. The number of Topliss-reactive ketones (excluding diaryl/α,β-unsaturated/α-hetero) is 2. The number of fused-ring (bicyclic) bond motifs is 1. The fraction of sp³-hybridized carbons (Fsp3) is 0.308. The zero-order valence-corrected chi connectivity index (χ0v) is 19.2. The number of halogens is 1. The summed E-state index contributed by atoms with van der Waals surface area (Å²) in [6.45, 7) is 2.20. The van der Waals surface area contributed by atoms with Gasteiger partial charge in [0.15, 0.2) is 23.1 Å². The van der Waals surface area contributed by atoms with Gasteiger partial charge in [0.1, 0.15) is 0 Å². The van der Waals surface area contributed by atoms with E-state index in [4.69, 9.17) is 21.1 Å². The first-order valence-electron chi connectivity index (χ1n) is 10.6. The second-order valence-corrected chi connectivity index (χ2v) is 8.69. The Bertz CT molecular complexity index is 1120. The lowest BCUT2D eigenvalue weighted by Gasteiger charge is -2.27. The standard InChI is InChI=1S/C26H26ClNO4/c1-16(29)23-15-28(14-17-5-4-6-21(27)9-17)8-7-18(23)10-20-11-19-12-24(31-2)25(32-3)13-22(19)26(20)30/h4-9,12-13,15,18,20H,10-11,14H2,1-3H3. The molecule has 4 rings (SSSR count). The highest BCUT2D eigenvalue weighted by Crippen LogP contribution is 2.40. The predicted octanol–water partition coefficient (Wildman–Crippen LogP) is 5.22. The van der Waals surface area contributed by atoms with Gasteiger partial charge < -0.3 is 14.4 Å². The van der Waals surface area contributed by atoms with Crippen LogP contribution in [-0.2, 0) is 17.8 Å². The molecule has 0 amide bonds. The summed E-state index contributed by atoms with van der Waals surface area (Å²) in [6.07, 6.45) is 7.13. The molecule has 1 aliphatic carbocycles. The van der Waals surface area contributed by atoms with Crippen molar-refractivity contribution in [2.45, 2.75) is 26.3 Å². The quantitative estimate of drug-likeness (QED) is 0.577. The van der Waals surface area contributed by atoms with Gasteiger partial charge in [-0.25, -0.2) is 0 Å². The summed E-state index contributed by atoms with van der Waals surface area (Å²) in [6, 6.07) is 11.3. The van der Waals surface area contributed by atoms with Gasteiger partial charge in [0.05, 0.1) is 14.2 Å². The lowest BCUT2D eigenvalue weighted by molar-refractivity contribution is -0.114. The molecule has 6 heteroatoms. The smallest absolute Gasteiger partial charge is 0.166 e. The Morgan fingerprint density at radius 2 is 1.91 bits per heavy atom. The van der Waals surface area contributed by atoms with Crippen LogP contribution in [0.25, 0.3) is 0 Å². The van der Waals surface area contributed by atoms with Crippen LogP contribution in [0.3, 0.4) is 0 Å². The third-order valence-electron chi connectivity index (χ3n) is 6.13. The van der Waals surface area contributed by atoms with Crippen LogP contribution in [0.4, 0.5) is 0 Å². The number of allylic oxidation sites excluding steroid dienone is 2. The Labute approximate surface area is 193 Å². The van der Waals surface area contributed by atoms with E-state index < -0.39 is 0 Å². The van der Waals surface area contributed by atoms with E-state index in [1.54, 1.807) is 27.2 Å². The van der Waals surface area contributed by atoms with E-state index in [9.17, 15) is 9.59 Å². The molecule has 2 atom stereocenters. The molecule has 2 aromatic carbocycles. The molecule has 1 heterocycles. The molecule has 2 aliphatic rings. The average Bonchev–Trinajstić information content (AvgIpc) is 3.08. The van der Waals surface area contributed by atoms with E-state index in [1.807, 2.05) is 53.7 Å². The van der Waals surface area contributed by atoms with Crippen LogP contribution in [-0.4, -0.2) is 30.7 Å². The highest BCUT2D eigenvalue weighted by Gasteiger charge is 2.35. The molecular formula is C26H26ClNO4. The normalized spacial score (nSPS) is 19.6. The predicted molar refractivity (Wildman–Crippen MR) is 124 cm³/mol. The monoisotopic (exact) mass is 451 g/mol. The fourth-order valence-corrected chi connectivity index (χ4v) is 4.74. The maximum absolute atomic E-state index is 13.1. The lowest BCUT2D eigenvalue weighted by atomic mass is 9.84. The molecule has 0 N–H and O–H groups in total. The highest BCUT2D eigenvalue weighted by atomic mass is 35.5. The minimum atomic E-state index is -0.182. The van der Waals surface area contributed by atoms with Gasteiger partial charge in [-0.3, -0.25) is 9.59 Å². The molecule has 2 aromatic rings. The minimum Gasteiger partial charge on any atom is -0.493 e. The Kier molecular flexibility index (Phi) is 6.38. The third-order valence-corrected chi connectivity index (χ3v) is 6.36. The molecular weight excluding hydrogens is 426 g/mol. The van der Waals surface area contributed by atoms with Crippen molar-refractivity contribution >= 4 is 23.2 Å². The van der Waals surface area contributed by atoms with Crippen molar-refractivity contribution in [1.82, 2.24) is 4.90 Å². The molecule has 5 nitrogen and oxygen atoms in total. The van der Waals surface area contributed by atoms with E-state index in [-0.39, 0.29) is 23.4 Å². The van der Waals surface area contributed by atoms with Crippen molar-refractivity contribution in [3.05, 3.63) is 82.2 Å². The molecule has 0 saturated carbocycles. The van der Waals surface area contributed by atoms with Crippen molar-refractivity contribution in [2.75, 3.05) is 14.2 Å². The summed E-state index contributed by atoms with van der Waals surface area (Å²) in [5.74, 6) is 1.01. The van der Waals surface area contributed by atoms with Crippen LogP contribution >= 0.6 is 11.6 Å². The van der Waals surface area contributed by atoms with E-state index in [0.29, 0.717) is 47.0 Å². The van der Waals surface area contributed by atoms with Gasteiger partial charge in [-0.1, -0.05) is 29.8 Å². The summed E-state index contributed by atoms with van der Waals surface area (Å²) in [7, 11) is 3.15. The van der Waals surface area contributed by atoms with Gasteiger partial charge in [0.2, 0.25) is 0 Å². The van der Waals surface area contributed by atoms with Crippen LogP contribution < -0.4 is 9.47 Å². The Balaban J connectivity index is 1.51. The van der Waals surface area contributed by atoms with Gasteiger partial charge in [-0.15, -0.1) is 0 Å². The molecule has 0 spiro atoms. The molecule has 0 aromatic heterocycles. The summed E-state index contributed by atoms with van der Waals surface area (Å²) < 4.78 is 10.7. The van der Waals surface area contributed by atoms with Crippen molar-refractivity contribution in [1.29, 1.82) is 0 Å². The Morgan fingerprint density at radius 3 is 2.59 bits per heavy atom. The number of benzene rings is 2. The largest absolute Gasteiger partial charge is 0.493 e. The maximum Gasteiger partial charge on any atom is 0.166 e. The van der Waals surface area contributed by atoms with Gasteiger partial charge in [0.25, 0.3) is 0 Å². The first-order chi connectivity index (χ1) is 15.4. The zero-order chi connectivity index (χ0) is 22.8. The molecule has 0 radical (unpaired) electrons. The number of hydrogen-bond donors (Lipinski definition) is 0. The molecule has 0 saturated heterocycles. The zero-order valence-electron chi connectivity index (χ0n) is 18.4. The third kappa shape index (κ3) is 4.44. The fourth-order valence-electron chi connectivity index (χ4n) is 4.53. The molecule has 0 bridgehead atoms. The minimum absolute atomic E-state index is 0.0155. The molecule has 1 aliphatic heterocycles. The van der Waals surface area contributed by atoms with E-state index in [2.05, 4.69) is 0 Å². The van der Waals surface area contributed by atoms with Crippen LogP contribution in [0.15, 0.2) is 60.4 Å². The van der Waals surface area contributed by atoms with Crippen LogP contribution in [0.5, 0.6) is 11.5 Å². The van der Waals surface area contributed by atoms with E-state index in [1.165, 1.54) is 0 Å². The number of methoxy groups -OCH3 is 2. The SMILES string of the molecule is COc1cc2c(cc1OC)C(=O)C(CC1C=CN(Cc3cccc(Cl)c3)C=C1C(C)=O)C2. The first-order valence-corrected chi connectivity index (χ1v) is 11.0. The number of ketones is 2. The summed E-state index contributed by atoms with van der Waals surface area (Å²) in [5.41, 5.74) is 3.43. The summed E-state index contributed by atoms with van der Waals surface area (Å²) in [4.78, 5) is 27.5. The van der Waals surface area contributed by atoms with Crippen molar-refractivity contribution in [2.24, 2.45) is 11.8 Å². The first kappa shape index (κ1) is 22.2. The molecule has 32 heavy (non-hydrogen) atoms. The molecule has 166 valence electrons. The molecule has 2 unspecified atom stereocenters. The number of nitrogens with zero attached hydrogens (tertiary/aromatic N) is 1. The number of carbonyl (C=O) groups is 2.